The van der Waals surface area contributed by atoms with Gasteiger partial charge in [-0.1, -0.05) is 13.8 Å². The van der Waals surface area contributed by atoms with Crippen LogP contribution in [-0.4, -0.2) is 15.9 Å². The van der Waals surface area contributed by atoms with Crippen LogP contribution in [0.25, 0.3) is 0 Å². The van der Waals surface area contributed by atoms with Crippen LogP contribution in [-0.2, 0) is 6.42 Å². The molecule has 0 bridgehead atoms. The van der Waals surface area contributed by atoms with Crippen molar-refractivity contribution in [2.75, 3.05) is 0 Å². The average Bonchev–Trinajstić information content (AvgIpc) is 2.15. The lowest BCUT2D eigenvalue weighted by atomic mass is 10.1. The minimum Gasteiger partial charge on any atom is -0.366 e. The first kappa shape index (κ1) is 10.6. The summed E-state index contributed by atoms with van der Waals surface area (Å²) < 4.78 is 0. The molecular formula is C10H15N3O. The molecule has 0 spiro atoms. The van der Waals surface area contributed by atoms with Gasteiger partial charge in [0, 0.05) is 18.8 Å². The molecule has 4 heteroatoms. The molecule has 1 aromatic rings. The van der Waals surface area contributed by atoms with Gasteiger partial charge in [0.15, 0.2) is 0 Å². The van der Waals surface area contributed by atoms with Crippen molar-refractivity contribution in [3.8, 4) is 0 Å². The molecule has 0 saturated heterocycles. The lowest BCUT2D eigenvalue weighted by Crippen LogP contribution is -2.12. The lowest BCUT2D eigenvalue weighted by molar-refractivity contribution is 0.0999. The molecule has 4 nitrogen and oxygen atoms in total. The maximum atomic E-state index is 10.7. The third-order valence-corrected chi connectivity index (χ3v) is 1.94. The van der Waals surface area contributed by atoms with Gasteiger partial charge in [-0.05, 0) is 12.3 Å². The molecule has 0 aromatic carbocycles. The number of carbonyl (C=O) groups excluding carboxylic acids is 1. The zero-order valence-corrected chi connectivity index (χ0v) is 8.53. The molecule has 0 radical (unpaired) electrons. The number of amides is 1. The Labute approximate surface area is 83.6 Å². The molecule has 0 saturated carbocycles. The zero-order chi connectivity index (χ0) is 10.6. The second kappa shape index (κ2) is 4.69. The van der Waals surface area contributed by atoms with E-state index in [1.165, 1.54) is 12.4 Å². The Morgan fingerprint density at radius 1 is 1.43 bits per heavy atom. The van der Waals surface area contributed by atoms with E-state index >= 15 is 0 Å². The normalized spacial score (nSPS) is 10.5. The van der Waals surface area contributed by atoms with E-state index in [2.05, 4.69) is 23.8 Å². The standard InChI is InChI=1S/C10H15N3O/c1-7(2)3-4-9-12-5-8(6-13-9)10(11)14/h5-7H,3-4H2,1-2H3,(H2,11,14). The molecule has 1 heterocycles. The van der Waals surface area contributed by atoms with Crippen molar-refractivity contribution in [1.82, 2.24) is 9.97 Å². The van der Waals surface area contributed by atoms with Crippen molar-refractivity contribution in [3.63, 3.8) is 0 Å². The van der Waals surface area contributed by atoms with Crippen molar-refractivity contribution in [3.05, 3.63) is 23.8 Å². The van der Waals surface area contributed by atoms with E-state index in [9.17, 15) is 4.79 Å². The van der Waals surface area contributed by atoms with Crippen LogP contribution < -0.4 is 5.73 Å². The minimum absolute atomic E-state index is 0.360. The van der Waals surface area contributed by atoms with Crippen LogP contribution in [0, 0.1) is 5.92 Å². The number of hydrogen-bond acceptors (Lipinski definition) is 3. The van der Waals surface area contributed by atoms with Gasteiger partial charge >= 0.3 is 0 Å². The molecule has 1 amide bonds. The van der Waals surface area contributed by atoms with Crippen LogP contribution in [0.5, 0.6) is 0 Å². The summed E-state index contributed by atoms with van der Waals surface area (Å²) in [7, 11) is 0. The number of hydrogen-bond donors (Lipinski definition) is 1. The summed E-state index contributed by atoms with van der Waals surface area (Å²) in [6.45, 7) is 4.30. The first-order valence-electron chi connectivity index (χ1n) is 4.70. The fourth-order valence-corrected chi connectivity index (χ4v) is 1.03. The van der Waals surface area contributed by atoms with Gasteiger partial charge < -0.3 is 5.73 Å². The maximum absolute atomic E-state index is 10.7. The van der Waals surface area contributed by atoms with Gasteiger partial charge in [0.2, 0.25) is 0 Å². The number of nitrogens with two attached hydrogens (primary N) is 1. The van der Waals surface area contributed by atoms with E-state index in [4.69, 9.17) is 5.73 Å². The Kier molecular flexibility index (Phi) is 3.56. The van der Waals surface area contributed by atoms with Gasteiger partial charge in [-0.2, -0.15) is 0 Å². The SMILES string of the molecule is CC(C)CCc1ncc(C(N)=O)cn1. The molecule has 76 valence electrons. The molecule has 0 aliphatic heterocycles. The van der Waals surface area contributed by atoms with Gasteiger partial charge in [0.25, 0.3) is 5.91 Å². The van der Waals surface area contributed by atoms with Crippen molar-refractivity contribution in [1.29, 1.82) is 0 Å². The predicted molar refractivity (Wildman–Crippen MR) is 53.7 cm³/mol. The lowest BCUT2D eigenvalue weighted by Gasteiger charge is -2.03. The number of aromatic nitrogens is 2. The number of carbonyl (C=O) groups is 1. The van der Waals surface area contributed by atoms with E-state index in [0.29, 0.717) is 11.5 Å². The highest BCUT2D eigenvalue weighted by atomic mass is 16.1. The van der Waals surface area contributed by atoms with Gasteiger partial charge in [-0.25, -0.2) is 9.97 Å². The van der Waals surface area contributed by atoms with Crippen LogP contribution in [0.2, 0.25) is 0 Å². The number of primary amides is 1. The Morgan fingerprint density at radius 2 is 2.00 bits per heavy atom. The molecule has 0 unspecified atom stereocenters. The van der Waals surface area contributed by atoms with E-state index in [1.807, 2.05) is 0 Å². The van der Waals surface area contributed by atoms with Crippen molar-refractivity contribution in [2.24, 2.45) is 11.7 Å². The molecule has 0 atom stereocenters. The molecule has 1 rings (SSSR count). The van der Waals surface area contributed by atoms with Crippen LogP contribution in [0.4, 0.5) is 0 Å². The summed E-state index contributed by atoms with van der Waals surface area (Å²) in [6, 6.07) is 0. The highest BCUT2D eigenvalue weighted by molar-refractivity contribution is 5.91. The summed E-state index contributed by atoms with van der Waals surface area (Å²) in [5.74, 6) is 0.915. The zero-order valence-electron chi connectivity index (χ0n) is 8.53. The number of rotatable bonds is 4. The Hall–Kier alpha value is -1.45. The van der Waals surface area contributed by atoms with Crippen molar-refractivity contribution < 1.29 is 4.79 Å². The fraction of sp³-hybridized carbons (Fsp3) is 0.500. The summed E-state index contributed by atoms with van der Waals surface area (Å²) in [6.07, 6.45) is 4.85. The van der Waals surface area contributed by atoms with Crippen molar-refractivity contribution >= 4 is 5.91 Å². The molecule has 0 aliphatic carbocycles. The second-order valence-corrected chi connectivity index (χ2v) is 3.68. The van der Waals surface area contributed by atoms with Crippen LogP contribution in [0.1, 0.15) is 36.5 Å². The Bertz CT molecular complexity index is 306. The average molecular weight is 193 g/mol. The van der Waals surface area contributed by atoms with E-state index in [-0.39, 0.29) is 0 Å². The Balaban J connectivity index is 2.60. The summed E-state index contributed by atoms with van der Waals surface area (Å²) in [4.78, 5) is 18.8. The predicted octanol–water partition coefficient (Wildman–Crippen LogP) is 1.16. The maximum Gasteiger partial charge on any atom is 0.251 e. The number of aryl methyl sites for hydroxylation is 1. The third kappa shape index (κ3) is 3.12. The summed E-state index contributed by atoms with van der Waals surface area (Å²) in [5, 5.41) is 0. The van der Waals surface area contributed by atoms with Crippen LogP contribution in [0.3, 0.4) is 0 Å². The topological polar surface area (TPSA) is 68.9 Å². The highest BCUT2D eigenvalue weighted by Crippen LogP contribution is 2.04. The van der Waals surface area contributed by atoms with E-state index in [0.717, 1.165) is 18.7 Å². The summed E-state index contributed by atoms with van der Waals surface area (Å²) >= 11 is 0. The van der Waals surface area contributed by atoms with E-state index < -0.39 is 5.91 Å². The summed E-state index contributed by atoms with van der Waals surface area (Å²) in [5.41, 5.74) is 5.43. The largest absolute Gasteiger partial charge is 0.366 e. The minimum atomic E-state index is -0.486. The monoisotopic (exact) mass is 193 g/mol. The number of nitrogens with zero attached hydrogens (tertiary/aromatic N) is 2. The first-order chi connectivity index (χ1) is 6.59. The van der Waals surface area contributed by atoms with Gasteiger partial charge in [0.05, 0.1) is 5.56 Å². The molecule has 2 N–H and O–H groups in total. The fourth-order valence-electron chi connectivity index (χ4n) is 1.03. The van der Waals surface area contributed by atoms with Gasteiger partial charge in [-0.15, -0.1) is 0 Å². The van der Waals surface area contributed by atoms with Crippen LogP contribution in [0.15, 0.2) is 12.4 Å². The molecular weight excluding hydrogens is 178 g/mol. The molecule has 0 fully saturated rings. The van der Waals surface area contributed by atoms with Crippen LogP contribution >= 0.6 is 0 Å². The van der Waals surface area contributed by atoms with Crippen molar-refractivity contribution in [2.45, 2.75) is 26.7 Å². The van der Waals surface area contributed by atoms with Gasteiger partial charge in [0.1, 0.15) is 5.82 Å². The van der Waals surface area contributed by atoms with Gasteiger partial charge in [-0.3, -0.25) is 4.79 Å². The molecule has 0 aliphatic rings. The second-order valence-electron chi connectivity index (χ2n) is 3.68. The quantitative estimate of drug-likeness (QED) is 0.780. The molecule has 14 heavy (non-hydrogen) atoms. The third-order valence-electron chi connectivity index (χ3n) is 1.94. The highest BCUT2D eigenvalue weighted by Gasteiger charge is 2.03. The first-order valence-corrected chi connectivity index (χ1v) is 4.70. The molecule has 1 aromatic heterocycles. The Morgan fingerprint density at radius 3 is 2.43 bits per heavy atom. The smallest absolute Gasteiger partial charge is 0.251 e. The van der Waals surface area contributed by atoms with E-state index in [1.54, 1.807) is 0 Å².